The summed E-state index contributed by atoms with van der Waals surface area (Å²) in [5.41, 5.74) is 1.45. The van der Waals surface area contributed by atoms with Crippen LogP contribution in [0.5, 0.6) is 0 Å². The van der Waals surface area contributed by atoms with E-state index in [-0.39, 0.29) is 28.1 Å². The smallest absolute Gasteiger partial charge is 0.266 e. The fourth-order valence-corrected chi connectivity index (χ4v) is 2.81. The van der Waals surface area contributed by atoms with E-state index >= 15 is 0 Å². The number of benzene rings is 2. The van der Waals surface area contributed by atoms with Crippen molar-refractivity contribution in [3.05, 3.63) is 96.4 Å². The van der Waals surface area contributed by atoms with Crippen molar-refractivity contribution in [2.24, 2.45) is 5.10 Å². The predicted octanol–water partition coefficient (Wildman–Crippen LogP) is 2.74. The molecule has 1 amide bonds. The number of aromatic nitrogens is 2. The Morgan fingerprint density at radius 3 is 2.61 bits per heavy atom. The second kappa shape index (κ2) is 8.98. The van der Waals surface area contributed by atoms with Crippen LogP contribution in [0.25, 0.3) is 5.69 Å². The van der Waals surface area contributed by atoms with E-state index in [2.05, 4.69) is 15.6 Å². The number of hydrogen-bond donors (Lipinski definition) is 1. The maximum Gasteiger partial charge on any atom is 0.292 e. The molecule has 0 aliphatic rings. The molecule has 2 aromatic carbocycles. The molecule has 0 radical (unpaired) electrons. The molecular formula is C20H13ClN6O4. The molecule has 0 unspecified atom stereocenters. The SMILES string of the molecule is Cc1c(C(=O)N/N=C/c2ccccc2[N+](=O)[O-])nn(-c2ccc(Cl)cc2)c(=O)c1C#N. The minimum Gasteiger partial charge on any atom is -0.266 e. The second-order valence-electron chi connectivity index (χ2n) is 6.17. The van der Waals surface area contributed by atoms with E-state index in [9.17, 15) is 25.0 Å². The van der Waals surface area contributed by atoms with E-state index in [0.717, 1.165) is 10.9 Å². The van der Waals surface area contributed by atoms with Crippen LogP contribution in [0.4, 0.5) is 5.69 Å². The van der Waals surface area contributed by atoms with Crippen LogP contribution in [0.15, 0.2) is 58.4 Å². The maximum atomic E-state index is 12.6. The zero-order chi connectivity index (χ0) is 22.5. The Morgan fingerprint density at radius 2 is 1.97 bits per heavy atom. The Labute approximate surface area is 180 Å². The van der Waals surface area contributed by atoms with Crippen LogP contribution in [0, 0.1) is 28.4 Å². The van der Waals surface area contributed by atoms with Crippen LogP contribution >= 0.6 is 11.6 Å². The highest BCUT2D eigenvalue weighted by Gasteiger charge is 2.20. The van der Waals surface area contributed by atoms with Gasteiger partial charge >= 0.3 is 0 Å². The summed E-state index contributed by atoms with van der Waals surface area (Å²) in [4.78, 5) is 35.7. The molecule has 11 heteroatoms. The molecule has 0 atom stereocenters. The van der Waals surface area contributed by atoms with Crippen LogP contribution in [0.3, 0.4) is 0 Å². The topological polar surface area (TPSA) is 143 Å². The summed E-state index contributed by atoms with van der Waals surface area (Å²) in [7, 11) is 0. The Kier molecular flexibility index (Phi) is 6.18. The van der Waals surface area contributed by atoms with Gasteiger partial charge in [-0.05, 0) is 37.3 Å². The molecule has 31 heavy (non-hydrogen) atoms. The summed E-state index contributed by atoms with van der Waals surface area (Å²) in [5.74, 6) is -0.799. The van der Waals surface area contributed by atoms with Crippen molar-refractivity contribution in [1.29, 1.82) is 5.26 Å². The number of amides is 1. The summed E-state index contributed by atoms with van der Waals surface area (Å²) >= 11 is 5.86. The molecule has 3 aromatic rings. The molecule has 0 bridgehead atoms. The lowest BCUT2D eigenvalue weighted by atomic mass is 10.1. The third kappa shape index (κ3) is 4.47. The molecule has 3 rings (SSSR count). The van der Waals surface area contributed by atoms with Gasteiger partial charge in [0.2, 0.25) is 0 Å². The third-order valence-electron chi connectivity index (χ3n) is 4.24. The number of rotatable bonds is 5. The first-order valence-electron chi connectivity index (χ1n) is 8.70. The fourth-order valence-electron chi connectivity index (χ4n) is 2.69. The Morgan fingerprint density at radius 1 is 1.29 bits per heavy atom. The van der Waals surface area contributed by atoms with Crippen molar-refractivity contribution < 1.29 is 9.72 Å². The highest BCUT2D eigenvalue weighted by atomic mass is 35.5. The lowest BCUT2D eigenvalue weighted by molar-refractivity contribution is -0.385. The average molecular weight is 437 g/mol. The Balaban J connectivity index is 1.97. The van der Waals surface area contributed by atoms with Gasteiger partial charge in [-0.25, -0.2) is 5.43 Å². The number of hydrazone groups is 1. The minimum atomic E-state index is -0.799. The predicted molar refractivity (Wildman–Crippen MR) is 112 cm³/mol. The number of nitriles is 1. The van der Waals surface area contributed by atoms with Crippen LogP contribution in [-0.4, -0.2) is 26.8 Å². The first-order chi connectivity index (χ1) is 14.8. The first-order valence-corrected chi connectivity index (χ1v) is 9.08. The van der Waals surface area contributed by atoms with E-state index < -0.39 is 16.4 Å². The van der Waals surface area contributed by atoms with Gasteiger partial charge in [0.15, 0.2) is 5.69 Å². The summed E-state index contributed by atoms with van der Waals surface area (Å²) in [6.07, 6.45) is 1.12. The zero-order valence-corrected chi connectivity index (χ0v) is 16.7. The van der Waals surface area contributed by atoms with Gasteiger partial charge in [-0.2, -0.15) is 20.1 Å². The average Bonchev–Trinajstić information content (AvgIpc) is 2.75. The fraction of sp³-hybridized carbons (Fsp3) is 0.0500. The van der Waals surface area contributed by atoms with Gasteiger partial charge < -0.3 is 0 Å². The summed E-state index contributed by atoms with van der Waals surface area (Å²) in [6.45, 7) is 1.42. The molecule has 154 valence electrons. The number of para-hydroxylation sites is 1. The molecule has 1 aromatic heterocycles. The maximum absolute atomic E-state index is 12.6. The third-order valence-corrected chi connectivity index (χ3v) is 4.49. The van der Waals surface area contributed by atoms with E-state index in [1.54, 1.807) is 12.1 Å². The largest absolute Gasteiger partial charge is 0.292 e. The van der Waals surface area contributed by atoms with Crippen LogP contribution < -0.4 is 11.0 Å². The number of halogens is 1. The van der Waals surface area contributed by atoms with E-state index in [1.807, 2.05) is 0 Å². The van der Waals surface area contributed by atoms with Gasteiger partial charge in [0, 0.05) is 16.7 Å². The first kappa shape index (κ1) is 21.4. The number of carbonyl (C=O) groups is 1. The van der Waals surface area contributed by atoms with Crippen LogP contribution in [0.1, 0.15) is 27.2 Å². The lowest BCUT2D eigenvalue weighted by Gasteiger charge is -2.10. The molecule has 0 spiro atoms. The van der Waals surface area contributed by atoms with Gasteiger partial charge in [0.1, 0.15) is 11.6 Å². The lowest BCUT2D eigenvalue weighted by Crippen LogP contribution is -2.31. The molecule has 1 heterocycles. The molecule has 0 aliphatic carbocycles. The summed E-state index contributed by atoms with van der Waals surface area (Å²) in [5, 5.41) is 28.7. The number of hydrogen-bond acceptors (Lipinski definition) is 7. The van der Waals surface area contributed by atoms with Gasteiger partial charge in [-0.1, -0.05) is 23.7 Å². The number of nitrogens with one attached hydrogen (secondary N) is 1. The zero-order valence-electron chi connectivity index (χ0n) is 15.9. The van der Waals surface area contributed by atoms with Crippen molar-refractivity contribution >= 4 is 29.4 Å². The standard InChI is InChI=1S/C20H13ClN6O4/c1-12-16(10-22)20(29)26(15-8-6-14(21)7-9-15)25-18(12)19(28)24-23-11-13-4-2-3-5-17(13)27(30)31/h2-9,11H,1H3,(H,24,28)/b23-11+. The highest BCUT2D eigenvalue weighted by Crippen LogP contribution is 2.16. The summed E-state index contributed by atoms with van der Waals surface area (Å²) < 4.78 is 0.919. The second-order valence-corrected chi connectivity index (χ2v) is 6.61. The quantitative estimate of drug-likeness (QED) is 0.370. The van der Waals surface area contributed by atoms with Crippen molar-refractivity contribution in [1.82, 2.24) is 15.2 Å². The van der Waals surface area contributed by atoms with Crippen molar-refractivity contribution in [3.8, 4) is 11.8 Å². The molecule has 1 N–H and O–H groups in total. The van der Waals surface area contributed by atoms with Gasteiger partial charge in [0.05, 0.1) is 22.4 Å². The van der Waals surface area contributed by atoms with Gasteiger partial charge in [-0.3, -0.25) is 19.7 Å². The van der Waals surface area contributed by atoms with E-state index in [4.69, 9.17) is 11.6 Å². The van der Waals surface area contributed by atoms with Crippen molar-refractivity contribution in [2.75, 3.05) is 0 Å². The van der Waals surface area contributed by atoms with E-state index in [0.29, 0.717) is 10.7 Å². The van der Waals surface area contributed by atoms with E-state index in [1.165, 1.54) is 49.4 Å². The van der Waals surface area contributed by atoms with Gasteiger partial charge in [-0.15, -0.1) is 0 Å². The van der Waals surface area contributed by atoms with Crippen molar-refractivity contribution in [2.45, 2.75) is 6.92 Å². The summed E-state index contributed by atoms with van der Waals surface area (Å²) in [6, 6.07) is 13.7. The highest BCUT2D eigenvalue weighted by molar-refractivity contribution is 6.30. The molecule has 10 nitrogen and oxygen atoms in total. The molecule has 0 fully saturated rings. The number of carbonyl (C=O) groups excluding carboxylic acids is 1. The Bertz CT molecular complexity index is 1310. The minimum absolute atomic E-state index is 0.0797. The number of nitro benzene ring substituents is 1. The Hall–Kier alpha value is -4.36. The molecular weight excluding hydrogens is 424 g/mol. The molecule has 0 aliphatic heterocycles. The number of nitrogens with zero attached hydrogens (tertiary/aromatic N) is 5. The normalized spacial score (nSPS) is 10.6. The van der Waals surface area contributed by atoms with Crippen LogP contribution in [0.2, 0.25) is 5.02 Å². The van der Waals surface area contributed by atoms with Crippen molar-refractivity contribution in [3.63, 3.8) is 0 Å². The monoisotopic (exact) mass is 436 g/mol. The van der Waals surface area contributed by atoms with Gasteiger partial charge in [0.25, 0.3) is 17.2 Å². The number of nitro groups is 1. The van der Waals surface area contributed by atoms with Crippen LogP contribution in [-0.2, 0) is 0 Å². The molecule has 0 saturated heterocycles. The molecule has 0 saturated carbocycles.